The van der Waals surface area contributed by atoms with Gasteiger partial charge in [-0.15, -0.1) is 0 Å². The van der Waals surface area contributed by atoms with E-state index in [1.807, 2.05) is 0 Å². The van der Waals surface area contributed by atoms with Gasteiger partial charge in [-0.2, -0.15) is 5.10 Å². The van der Waals surface area contributed by atoms with Gasteiger partial charge in [-0.25, -0.2) is 22.8 Å². The molecular formula is C20H19F3N4OS2. The summed E-state index contributed by atoms with van der Waals surface area (Å²) in [6.07, 6.45) is 2.69. The Hall–Kier alpha value is -2.43. The average molecular weight is 453 g/mol. The minimum atomic E-state index is -1.76. The van der Waals surface area contributed by atoms with Crippen LogP contribution < -0.4 is 0 Å². The Morgan fingerprint density at radius 1 is 1.20 bits per heavy atom. The Morgan fingerprint density at radius 2 is 1.97 bits per heavy atom. The van der Waals surface area contributed by atoms with Crippen LogP contribution in [-0.2, 0) is 17.9 Å². The second-order valence-corrected chi connectivity index (χ2v) is 8.40. The Morgan fingerprint density at radius 3 is 2.63 bits per heavy atom. The zero-order valence-electron chi connectivity index (χ0n) is 16.0. The molecule has 0 spiro atoms. The number of halogens is 3. The quantitative estimate of drug-likeness (QED) is 0.552. The van der Waals surface area contributed by atoms with Crippen LogP contribution in [0.4, 0.5) is 13.2 Å². The summed E-state index contributed by atoms with van der Waals surface area (Å²) in [5.74, 6) is -1.51. The molecule has 0 aliphatic heterocycles. The standard InChI is InChI=1S/C20H19F3N4OS2/c1-26(19(29)30-9-14-3-2-4-15(21)7-14)10-20(28,11-27-13-24-12-25-27)17-6-5-16(22)8-18(17)23/h2-8,12-13,28H,9-11H2,1H3. The Balaban J connectivity index is 1.77. The van der Waals surface area contributed by atoms with Crippen molar-refractivity contribution in [2.24, 2.45) is 0 Å². The lowest BCUT2D eigenvalue weighted by Gasteiger charge is -2.34. The molecule has 1 aromatic heterocycles. The molecular weight excluding hydrogens is 433 g/mol. The number of nitrogens with zero attached hydrogens (tertiary/aromatic N) is 4. The van der Waals surface area contributed by atoms with Crippen molar-refractivity contribution >= 4 is 28.3 Å². The summed E-state index contributed by atoms with van der Waals surface area (Å²) in [5.41, 5.74) is -1.08. The fourth-order valence-electron chi connectivity index (χ4n) is 3.01. The van der Waals surface area contributed by atoms with Crippen LogP contribution in [0.2, 0.25) is 0 Å². The normalized spacial score (nSPS) is 13.1. The minimum absolute atomic E-state index is 0.0790. The molecule has 10 heteroatoms. The molecule has 1 N–H and O–H groups in total. The van der Waals surface area contributed by atoms with E-state index in [1.165, 1.54) is 47.3 Å². The Kier molecular flexibility index (Phi) is 7.11. The second-order valence-electron chi connectivity index (χ2n) is 6.79. The van der Waals surface area contributed by atoms with E-state index in [2.05, 4.69) is 10.1 Å². The summed E-state index contributed by atoms with van der Waals surface area (Å²) in [4.78, 5) is 5.43. The van der Waals surface area contributed by atoms with Crippen molar-refractivity contribution in [3.8, 4) is 0 Å². The summed E-state index contributed by atoms with van der Waals surface area (Å²) in [6, 6.07) is 9.20. The van der Waals surface area contributed by atoms with E-state index in [9.17, 15) is 18.3 Å². The van der Waals surface area contributed by atoms with Gasteiger partial charge in [0.2, 0.25) is 0 Å². The van der Waals surface area contributed by atoms with E-state index in [0.717, 1.165) is 17.7 Å². The molecule has 0 aliphatic rings. The first-order valence-electron chi connectivity index (χ1n) is 8.89. The smallest absolute Gasteiger partial charge is 0.137 e. The van der Waals surface area contributed by atoms with Gasteiger partial charge in [0, 0.05) is 24.4 Å². The Labute approximate surface area is 181 Å². The van der Waals surface area contributed by atoms with Crippen molar-refractivity contribution in [2.45, 2.75) is 17.9 Å². The molecule has 158 valence electrons. The first-order chi connectivity index (χ1) is 14.3. The summed E-state index contributed by atoms with van der Waals surface area (Å²) in [5, 5.41) is 15.3. The highest BCUT2D eigenvalue weighted by Gasteiger charge is 2.35. The molecule has 3 aromatic rings. The van der Waals surface area contributed by atoms with Crippen LogP contribution >= 0.6 is 24.0 Å². The number of hydrogen-bond acceptors (Lipinski definition) is 5. The zero-order valence-corrected chi connectivity index (χ0v) is 17.6. The van der Waals surface area contributed by atoms with Gasteiger partial charge >= 0.3 is 0 Å². The molecule has 2 aromatic carbocycles. The first-order valence-corrected chi connectivity index (χ1v) is 10.3. The van der Waals surface area contributed by atoms with Crippen LogP contribution in [0, 0.1) is 17.5 Å². The number of rotatable bonds is 7. The van der Waals surface area contributed by atoms with E-state index >= 15 is 0 Å². The summed E-state index contributed by atoms with van der Waals surface area (Å²) in [7, 11) is 1.66. The monoisotopic (exact) mass is 452 g/mol. The number of thioether (sulfide) groups is 1. The van der Waals surface area contributed by atoms with Gasteiger partial charge in [-0.05, 0) is 23.8 Å². The molecule has 1 atom stereocenters. The minimum Gasteiger partial charge on any atom is -0.381 e. The van der Waals surface area contributed by atoms with Crippen molar-refractivity contribution < 1.29 is 18.3 Å². The number of thiocarbonyl (C=S) groups is 1. The lowest BCUT2D eigenvalue weighted by molar-refractivity contribution is -0.00240. The highest BCUT2D eigenvalue weighted by atomic mass is 32.2. The molecule has 5 nitrogen and oxygen atoms in total. The van der Waals surface area contributed by atoms with Crippen LogP contribution in [0.25, 0.3) is 0 Å². The third-order valence-corrected chi connectivity index (χ3v) is 6.09. The molecule has 0 amide bonds. The molecule has 3 rings (SSSR count). The van der Waals surface area contributed by atoms with Crippen molar-refractivity contribution in [2.75, 3.05) is 13.6 Å². The third-order valence-electron chi connectivity index (χ3n) is 4.38. The summed E-state index contributed by atoms with van der Waals surface area (Å²) in [6.45, 7) is -0.193. The summed E-state index contributed by atoms with van der Waals surface area (Å²) < 4.78 is 43.0. The van der Waals surface area contributed by atoms with Gasteiger partial charge in [-0.1, -0.05) is 42.2 Å². The maximum atomic E-state index is 14.5. The topological polar surface area (TPSA) is 54.2 Å². The predicted octanol–water partition coefficient (Wildman–Crippen LogP) is 3.73. The molecule has 0 bridgehead atoms. The maximum absolute atomic E-state index is 14.5. The molecule has 30 heavy (non-hydrogen) atoms. The number of hydrogen-bond donors (Lipinski definition) is 1. The van der Waals surface area contributed by atoms with Gasteiger partial charge in [-0.3, -0.25) is 0 Å². The maximum Gasteiger partial charge on any atom is 0.137 e. The van der Waals surface area contributed by atoms with Crippen molar-refractivity contribution in [3.05, 3.63) is 83.7 Å². The average Bonchev–Trinajstić information content (AvgIpc) is 3.18. The van der Waals surface area contributed by atoms with Gasteiger partial charge in [0.05, 0.1) is 13.1 Å². The van der Waals surface area contributed by atoms with E-state index in [1.54, 1.807) is 24.1 Å². The lowest BCUT2D eigenvalue weighted by atomic mass is 9.92. The summed E-state index contributed by atoms with van der Waals surface area (Å²) >= 11 is 6.71. The van der Waals surface area contributed by atoms with Crippen LogP contribution in [-0.4, -0.2) is 42.7 Å². The molecule has 1 heterocycles. The highest BCUT2D eigenvalue weighted by molar-refractivity contribution is 8.22. The molecule has 0 radical (unpaired) electrons. The second kappa shape index (κ2) is 9.59. The number of likely N-dealkylation sites (N-methyl/N-ethyl adjacent to an activating group) is 1. The van der Waals surface area contributed by atoms with Crippen LogP contribution in [0.5, 0.6) is 0 Å². The van der Waals surface area contributed by atoms with E-state index in [4.69, 9.17) is 12.2 Å². The van der Waals surface area contributed by atoms with Crippen molar-refractivity contribution in [1.29, 1.82) is 0 Å². The number of benzene rings is 2. The van der Waals surface area contributed by atoms with Crippen LogP contribution in [0.1, 0.15) is 11.1 Å². The zero-order chi connectivity index (χ0) is 21.7. The van der Waals surface area contributed by atoms with Crippen LogP contribution in [0.3, 0.4) is 0 Å². The Bertz CT molecular complexity index is 1020. The lowest BCUT2D eigenvalue weighted by Crippen LogP contribution is -2.44. The van der Waals surface area contributed by atoms with E-state index in [0.29, 0.717) is 10.1 Å². The molecule has 0 fully saturated rings. The fraction of sp³-hybridized carbons (Fsp3) is 0.250. The van der Waals surface area contributed by atoms with Gasteiger partial charge < -0.3 is 10.0 Å². The van der Waals surface area contributed by atoms with Crippen LogP contribution in [0.15, 0.2) is 55.1 Å². The SMILES string of the molecule is CN(CC(O)(Cn1cncn1)c1ccc(F)cc1F)C(=S)SCc1cccc(F)c1. The number of aromatic nitrogens is 3. The predicted molar refractivity (Wildman–Crippen MR) is 113 cm³/mol. The van der Waals surface area contributed by atoms with Crippen molar-refractivity contribution in [1.82, 2.24) is 19.7 Å². The fourth-order valence-corrected chi connectivity index (χ4v) is 4.00. The largest absolute Gasteiger partial charge is 0.381 e. The molecule has 0 saturated carbocycles. The van der Waals surface area contributed by atoms with E-state index < -0.39 is 17.2 Å². The highest BCUT2D eigenvalue weighted by Crippen LogP contribution is 2.29. The molecule has 1 unspecified atom stereocenters. The van der Waals surface area contributed by atoms with Gasteiger partial charge in [0.15, 0.2) is 0 Å². The number of aliphatic hydroxyl groups is 1. The van der Waals surface area contributed by atoms with Crippen molar-refractivity contribution in [3.63, 3.8) is 0 Å². The van der Waals surface area contributed by atoms with E-state index in [-0.39, 0.29) is 24.5 Å². The first kappa shape index (κ1) is 22.3. The van der Waals surface area contributed by atoms with Gasteiger partial charge in [0.25, 0.3) is 0 Å². The molecule has 0 saturated heterocycles. The third kappa shape index (κ3) is 5.59. The molecule has 0 aliphatic carbocycles. The van der Waals surface area contributed by atoms with Gasteiger partial charge in [0.1, 0.15) is 40.0 Å².